The molecule has 1 aromatic rings. The highest BCUT2D eigenvalue weighted by atomic mass is 35.5. The topological polar surface area (TPSA) is 15.3 Å². The van der Waals surface area contributed by atoms with Gasteiger partial charge in [-0.3, -0.25) is 4.90 Å². The Morgan fingerprint density at radius 2 is 2.17 bits per heavy atom. The van der Waals surface area contributed by atoms with Crippen molar-refractivity contribution in [2.45, 2.75) is 32.4 Å². The molecule has 1 fully saturated rings. The van der Waals surface area contributed by atoms with Crippen molar-refractivity contribution in [3.63, 3.8) is 0 Å². The van der Waals surface area contributed by atoms with Crippen LogP contribution in [0.25, 0.3) is 0 Å². The summed E-state index contributed by atoms with van der Waals surface area (Å²) in [5.74, 6) is 0. The van der Waals surface area contributed by atoms with E-state index >= 15 is 0 Å². The summed E-state index contributed by atoms with van der Waals surface area (Å²) < 4.78 is 0. The standard InChI is InChI=1S/C14H21ClN2.ClH/c1-2-9-17(13-7-8-16-10-13)11-12-5-3-4-6-14(12)15;/h3-6,13,16H,2,7-11H2,1H3;1H. The van der Waals surface area contributed by atoms with Gasteiger partial charge in [0.05, 0.1) is 0 Å². The zero-order chi connectivity index (χ0) is 12.1. The van der Waals surface area contributed by atoms with Crippen LogP contribution in [0.1, 0.15) is 25.3 Å². The van der Waals surface area contributed by atoms with Gasteiger partial charge in [-0.1, -0.05) is 36.7 Å². The summed E-state index contributed by atoms with van der Waals surface area (Å²) in [4.78, 5) is 2.56. The van der Waals surface area contributed by atoms with Gasteiger partial charge in [-0.15, -0.1) is 12.4 Å². The minimum absolute atomic E-state index is 0. The molecule has 0 aliphatic carbocycles. The van der Waals surface area contributed by atoms with Crippen molar-refractivity contribution in [3.05, 3.63) is 34.9 Å². The Balaban J connectivity index is 0.00000162. The third-order valence-electron chi connectivity index (χ3n) is 3.39. The smallest absolute Gasteiger partial charge is 0.0451 e. The second-order valence-electron chi connectivity index (χ2n) is 4.71. The number of benzene rings is 1. The number of hydrogen-bond acceptors (Lipinski definition) is 2. The van der Waals surface area contributed by atoms with Crippen LogP contribution in [-0.2, 0) is 6.54 Å². The molecule has 2 rings (SSSR count). The molecule has 0 bridgehead atoms. The van der Waals surface area contributed by atoms with Gasteiger partial charge in [-0.2, -0.15) is 0 Å². The van der Waals surface area contributed by atoms with Crippen LogP contribution in [0.15, 0.2) is 24.3 Å². The van der Waals surface area contributed by atoms with Crippen molar-refractivity contribution in [2.75, 3.05) is 19.6 Å². The van der Waals surface area contributed by atoms with Gasteiger partial charge in [-0.05, 0) is 37.6 Å². The lowest BCUT2D eigenvalue weighted by Crippen LogP contribution is -2.36. The minimum atomic E-state index is 0. The third-order valence-corrected chi connectivity index (χ3v) is 3.76. The van der Waals surface area contributed by atoms with Gasteiger partial charge in [0.2, 0.25) is 0 Å². The summed E-state index contributed by atoms with van der Waals surface area (Å²) in [5, 5.41) is 4.33. The molecular formula is C14H22Cl2N2. The van der Waals surface area contributed by atoms with Crippen molar-refractivity contribution in [1.82, 2.24) is 10.2 Å². The minimum Gasteiger partial charge on any atom is -0.315 e. The quantitative estimate of drug-likeness (QED) is 0.894. The predicted octanol–water partition coefficient (Wildman–Crippen LogP) is 3.34. The maximum Gasteiger partial charge on any atom is 0.0451 e. The Morgan fingerprint density at radius 3 is 2.78 bits per heavy atom. The average Bonchev–Trinajstić information content (AvgIpc) is 2.85. The van der Waals surface area contributed by atoms with E-state index in [9.17, 15) is 0 Å². The van der Waals surface area contributed by atoms with Crippen LogP contribution >= 0.6 is 24.0 Å². The van der Waals surface area contributed by atoms with Crippen molar-refractivity contribution in [3.8, 4) is 0 Å². The van der Waals surface area contributed by atoms with E-state index in [2.05, 4.69) is 29.3 Å². The predicted molar refractivity (Wildman–Crippen MR) is 80.7 cm³/mol. The van der Waals surface area contributed by atoms with Gasteiger partial charge < -0.3 is 5.32 Å². The first-order chi connectivity index (χ1) is 8.31. The Kier molecular flexibility index (Phi) is 7.02. The van der Waals surface area contributed by atoms with Gasteiger partial charge in [-0.25, -0.2) is 0 Å². The number of nitrogens with one attached hydrogen (secondary N) is 1. The summed E-state index contributed by atoms with van der Waals surface area (Å²) in [6.07, 6.45) is 2.45. The molecule has 0 spiro atoms. The van der Waals surface area contributed by atoms with Crippen molar-refractivity contribution in [2.24, 2.45) is 0 Å². The van der Waals surface area contributed by atoms with E-state index in [-0.39, 0.29) is 12.4 Å². The van der Waals surface area contributed by atoms with Crippen LogP contribution in [-0.4, -0.2) is 30.6 Å². The zero-order valence-corrected chi connectivity index (χ0v) is 12.4. The Morgan fingerprint density at radius 1 is 1.39 bits per heavy atom. The van der Waals surface area contributed by atoms with Crippen LogP contribution < -0.4 is 5.32 Å². The maximum atomic E-state index is 6.23. The molecule has 2 nitrogen and oxygen atoms in total. The molecule has 0 radical (unpaired) electrons. The van der Waals surface area contributed by atoms with Crippen molar-refractivity contribution in [1.29, 1.82) is 0 Å². The number of hydrogen-bond donors (Lipinski definition) is 1. The first-order valence-corrected chi connectivity index (χ1v) is 6.87. The van der Waals surface area contributed by atoms with Gasteiger partial charge in [0.15, 0.2) is 0 Å². The molecule has 0 amide bonds. The SMILES string of the molecule is CCCN(Cc1ccccc1Cl)C1CCNC1.Cl. The molecule has 18 heavy (non-hydrogen) atoms. The van der Waals surface area contributed by atoms with E-state index in [1.807, 2.05) is 12.1 Å². The Bertz CT molecular complexity index is 351. The first kappa shape index (κ1) is 15.8. The van der Waals surface area contributed by atoms with Crippen molar-refractivity contribution >= 4 is 24.0 Å². The Hall–Kier alpha value is -0.280. The third kappa shape index (κ3) is 4.13. The summed E-state index contributed by atoms with van der Waals surface area (Å²) >= 11 is 6.23. The van der Waals surface area contributed by atoms with Crippen LogP contribution in [0.2, 0.25) is 5.02 Å². The van der Waals surface area contributed by atoms with Crippen molar-refractivity contribution < 1.29 is 0 Å². The molecule has 1 heterocycles. The number of rotatable bonds is 5. The Labute approximate surface area is 121 Å². The van der Waals surface area contributed by atoms with Gasteiger partial charge >= 0.3 is 0 Å². The van der Waals surface area contributed by atoms with Gasteiger partial charge in [0.25, 0.3) is 0 Å². The lowest BCUT2D eigenvalue weighted by molar-refractivity contribution is 0.199. The molecule has 1 unspecified atom stereocenters. The van der Waals surface area contributed by atoms with Crippen LogP contribution in [0, 0.1) is 0 Å². The highest BCUT2D eigenvalue weighted by molar-refractivity contribution is 6.31. The summed E-state index contributed by atoms with van der Waals surface area (Å²) in [7, 11) is 0. The second-order valence-corrected chi connectivity index (χ2v) is 5.12. The number of halogens is 2. The molecule has 4 heteroatoms. The fourth-order valence-corrected chi connectivity index (χ4v) is 2.67. The van der Waals surface area contributed by atoms with Crippen LogP contribution in [0.5, 0.6) is 0 Å². The fraction of sp³-hybridized carbons (Fsp3) is 0.571. The molecule has 0 saturated carbocycles. The van der Waals surface area contributed by atoms with Crippen LogP contribution in [0.3, 0.4) is 0 Å². The highest BCUT2D eigenvalue weighted by Crippen LogP contribution is 2.20. The number of nitrogens with zero attached hydrogens (tertiary/aromatic N) is 1. The molecule has 1 saturated heterocycles. The molecule has 1 atom stereocenters. The molecule has 1 aliphatic rings. The molecule has 1 N–H and O–H groups in total. The fourth-order valence-electron chi connectivity index (χ4n) is 2.47. The molecule has 1 aromatic carbocycles. The van der Waals surface area contributed by atoms with E-state index in [0.29, 0.717) is 6.04 Å². The maximum absolute atomic E-state index is 6.23. The lowest BCUT2D eigenvalue weighted by atomic mass is 10.1. The van der Waals surface area contributed by atoms with Gasteiger partial charge in [0, 0.05) is 24.2 Å². The summed E-state index contributed by atoms with van der Waals surface area (Å²) in [6.45, 7) is 6.62. The zero-order valence-electron chi connectivity index (χ0n) is 10.9. The molecular weight excluding hydrogens is 267 g/mol. The normalized spacial score (nSPS) is 18.9. The van der Waals surface area contributed by atoms with E-state index in [1.165, 1.54) is 18.4 Å². The molecule has 102 valence electrons. The monoisotopic (exact) mass is 288 g/mol. The lowest BCUT2D eigenvalue weighted by Gasteiger charge is -2.28. The largest absolute Gasteiger partial charge is 0.315 e. The molecule has 0 aromatic heterocycles. The second kappa shape index (κ2) is 8.00. The van der Waals surface area contributed by atoms with E-state index in [1.54, 1.807) is 0 Å². The summed E-state index contributed by atoms with van der Waals surface area (Å²) in [5.41, 5.74) is 1.24. The van der Waals surface area contributed by atoms with E-state index < -0.39 is 0 Å². The van der Waals surface area contributed by atoms with Crippen LogP contribution in [0.4, 0.5) is 0 Å². The molecule has 1 aliphatic heterocycles. The van der Waals surface area contributed by atoms with E-state index in [4.69, 9.17) is 11.6 Å². The average molecular weight is 289 g/mol. The van der Waals surface area contributed by atoms with Gasteiger partial charge in [0.1, 0.15) is 0 Å². The summed E-state index contributed by atoms with van der Waals surface area (Å²) in [6, 6.07) is 8.85. The first-order valence-electron chi connectivity index (χ1n) is 6.49. The van der Waals surface area contributed by atoms with E-state index in [0.717, 1.165) is 31.2 Å². The highest BCUT2D eigenvalue weighted by Gasteiger charge is 2.22.